The van der Waals surface area contributed by atoms with Gasteiger partial charge in [-0.3, -0.25) is 4.79 Å². The molecule has 0 bridgehead atoms. The van der Waals surface area contributed by atoms with Crippen molar-refractivity contribution < 1.29 is 13.6 Å². The number of nitrogens with one attached hydrogen (secondary N) is 1. The molecule has 0 aliphatic heterocycles. The quantitative estimate of drug-likeness (QED) is 0.432. The lowest BCUT2D eigenvalue weighted by molar-refractivity contribution is -0.115. The van der Waals surface area contributed by atoms with Gasteiger partial charge in [0.15, 0.2) is 17.2 Å². The number of hydrogen-bond donors (Lipinski definition) is 1. The summed E-state index contributed by atoms with van der Waals surface area (Å²) in [6.45, 7) is 5.75. The van der Waals surface area contributed by atoms with Gasteiger partial charge in [-0.2, -0.15) is 0 Å². The molecule has 3 heterocycles. The molecule has 0 fully saturated rings. The van der Waals surface area contributed by atoms with E-state index in [-0.39, 0.29) is 5.91 Å². The predicted molar refractivity (Wildman–Crippen MR) is 115 cm³/mol. The van der Waals surface area contributed by atoms with Crippen molar-refractivity contribution in [2.75, 3.05) is 5.32 Å². The Kier molecular flexibility index (Phi) is 5.67. The van der Waals surface area contributed by atoms with Crippen LogP contribution in [0.3, 0.4) is 0 Å². The molecule has 0 radical (unpaired) electrons. The zero-order valence-corrected chi connectivity index (χ0v) is 17.6. The number of rotatable bonds is 6. The Morgan fingerprint density at radius 1 is 0.933 bits per heavy atom. The molecule has 1 N–H and O–H groups in total. The number of aryl methyl sites for hydroxylation is 2. The summed E-state index contributed by atoms with van der Waals surface area (Å²) in [6.07, 6.45) is 3.13. The molecule has 1 atom stereocenters. The summed E-state index contributed by atoms with van der Waals surface area (Å²) < 4.78 is 11.0. The third-order valence-corrected chi connectivity index (χ3v) is 5.51. The van der Waals surface area contributed by atoms with Crippen LogP contribution in [0.25, 0.3) is 22.9 Å². The summed E-state index contributed by atoms with van der Waals surface area (Å²) in [4.78, 5) is 17.3. The van der Waals surface area contributed by atoms with Crippen molar-refractivity contribution in [1.82, 2.24) is 15.2 Å². The monoisotopic (exact) mass is 420 g/mol. The number of nitrogens with zero attached hydrogens (tertiary/aromatic N) is 3. The SMILES string of the molecule is Cc1cccc(C)c1NC(=O)[C@H](C)Sc1nnc(-c2ccco2)c(-c2ccco2)n1. The van der Waals surface area contributed by atoms with Crippen LogP contribution in [0.2, 0.25) is 0 Å². The number of para-hydroxylation sites is 1. The molecular weight excluding hydrogens is 400 g/mol. The highest BCUT2D eigenvalue weighted by Gasteiger charge is 2.22. The molecule has 0 aliphatic rings. The van der Waals surface area contributed by atoms with Crippen LogP contribution in [0.1, 0.15) is 18.1 Å². The minimum atomic E-state index is -0.426. The van der Waals surface area contributed by atoms with Gasteiger partial charge in [0.25, 0.3) is 0 Å². The van der Waals surface area contributed by atoms with Crippen LogP contribution in [-0.4, -0.2) is 26.3 Å². The number of aromatic nitrogens is 3. The van der Waals surface area contributed by atoms with Gasteiger partial charge in [0.1, 0.15) is 5.69 Å². The highest BCUT2D eigenvalue weighted by molar-refractivity contribution is 8.00. The number of thioether (sulfide) groups is 1. The van der Waals surface area contributed by atoms with Crippen molar-refractivity contribution in [3.05, 3.63) is 66.1 Å². The van der Waals surface area contributed by atoms with Crippen LogP contribution in [0, 0.1) is 13.8 Å². The zero-order chi connectivity index (χ0) is 21.1. The Morgan fingerprint density at radius 3 is 2.17 bits per heavy atom. The van der Waals surface area contributed by atoms with E-state index in [9.17, 15) is 4.79 Å². The van der Waals surface area contributed by atoms with E-state index in [0.717, 1.165) is 16.8 Å². The highest BCUT2D eigenvalue weighted by atomic mass is 32.2. The Labute approximate surface area is 177 Å². The van der Waals surface area contributed by atoms with Crippen LogP contribution in [0.15, 0.2) is 69.0 Å². The second-order valence-corrected chi connectivity index (χ2v) is 8.07. The van der Waals surface area contributed by atoms with Gasteiger partial charge in [-0.25, -0.2) is 4.98 Å². The number of amides is 1. The van der Waals surface area contributed by atoms with E-state index in [1.54, 1.807) is 36.8 Å². The van der Waals surface area contributed by atoms with Crippen LogP contribution in [0.5, 0.6) is 0 Å². The van der Waals surface area contributed by atoms with Crippen LogP contribution >= 0.6 is 11.8 Å². The Balaban J connectivity index is 1.57. The molecule has 0 saturated heterocycles. The summed E-state index contributed by atoms with van der Waals surface area (Å²) >= 11 is 1.23. The number of carbonyl (C=O) groups is 1. The summed E-state index contributed by atoms with van der Waals surface area (Å²) in [5.41, 5.74) is 3.85. The second-order valence-electron chi connectivity index (χ2n) is 6.76. The first-order chi connectivity index (χ1) is 14.5. The van der Waals surface area contributed by atoms with Gasteiger partial charge in [-0.15, -0.1) is 10.2 Å². The van der Waals surface area contributed by atoms with Gasteiger partial charge in [0.05, 0.1) is 17.8 Å². The van der Waals surface area contributed by atoms with Crippen molar-refractivity contribution in [2.45, 2.75) is 31.2 Å². The van der Waals surface area contributed by atoms with Gasteiger partial charge in [0.2, 0.25) is 11.1 Å². The maximum absolute atomic E-state index is 12.7. The van der Waals surface area contributed by atoms with Crippen molar-refractivity contribution in [3.63, 3.8) is 0 Å². The minimum Gasteiger partial charge on any atom is -0.463 e. The fraction of sp³-hybridized carbons (Fsp3) is 0.182. The third-order valence-electron chi connectivity index (χ3n) is 4.56. The molecule has 4 rings (SSSR count). The Hall–Kier alpha value is -3.39. The van der Waals surface area contributed by atoms with Crippen LogP contribution < -0.4 is 5.32 Å². The van der Waals surface area contributed by atoms with E-state index in [0.29, 0.717) is 28.1 Å². The zero-order valence-electron chi connectivity index (χ0n) is 16.7. The summed E-state index contributed by atoms with van der Waals surface area (Å²) in [6, 6.07) is 13.0. The van der Waals surface area contributed by atoms with Gasteiger partial charge >= 0.3 is 0 Å². The molecule has 0 saturated carbocycles. The van der Waals surface area contributed by atoms with E-state index in [1.807, 2.05) is 39.0 Å². The molecule has 3 aromatic heterocycles. The first-order valence-corrected chi connectivity index (χ1v) is 10.3. The van der Waals surface area contributed by atoms with Gasteiger partial charge < -0.3 is 14.2 Å². The van der Waals surface area contributed by atoms with E-state index < -0.39 is 5.25 Å². The number of benzene rings is 1. The first-order valence-electron chi connectivity index (χ1n) is 9.39. The van der Waals surface area contributed by atoms with E-state index in [1.165, 1.54) is 11.8 Å². The lowest BCUT2D eigenvalue weighted by Crippen LogP contribution is -2.23. The number of anilines is 1. The largest absolute Gasteiger partial charge is 0.463 e. The summed E-state index contributed by atoms with van der Waals surface area (Å²) in [5.74, 6) is 0.959. The maximum atomic E-state index is 12.7. The summed E-state index contributed by atoms with van der Waals surface area (Å²) in [7, 11) is 0. The molecule has 0 unspecified atom stereocenters. The van der Waals surface area contributed by atoms with Crippen molar-refractivity contribution in [1.29, 1.82) is 0 Å². The standard InChI is InChI=1S/C22H20N4O3S/c1-13-7-4-8-14(2)18(13)23-21(27)15(3)30-22-24-19(16-9-5-11-28-16)20(25-26-22)17-10-6-12-29-17/h4-12,15H,1-3H3,(H,23,27)/t15-/m0/s1. The number of carbonyl (C=O) groups excluding carboxylic acids is 1. The molecule has 30 heavy (non-hydrogen) atoms. The number of hydrogen-bond acceptors (Lipinski definition) is 7. The Bertz CT molecular complexity index is 1140. The fourth-order valence-corrected chi connectivity index (χ4v) is 3.69. The highest BCUT2D eigenvalue weighted by Crippen LogP contribution is 2.31. The maximum Gasteiger partial charge on any atom is 0.237 e. The first kappa shape index (κ1) is 19.9. The van der Waals surface area contributed by atoms with Crippen molar-refractivity contribution in [3.8, 4) is 22.9 Å². The molecule has 0 aliphatic carbocycles. The Morgan fingerprint density at radius 2 is 1.57 bits per heavy atom. The van der Waals surface area contributed by atoms with E-state index >= 15 is 0 Å². The lowest BCUT2D eigenvalue weighted by atomic mass is 10.1. The van der Waals surface area contributed by atoms with Crippen molar-refractivity contribution in [2.24, 2.45) is 0 Å². The topological polar surface area (TPSA) is 94.1 Å². The third kappa shape index (κ3) is 4.13. The predicted octanol–water partition coefficient (Wildman–Crippen LogP) is 5.13. The number of furan rings is 2. The smallest absolute Gasteiger partial charge is 0.237 e. The van der Waals surface area contributed by atoms with E-state index in [2.05, 4.69) is 20.5 Å². The molecule has 1 aromatic carbocycles. The molecule has 1 amide bonds. The van der Waals surface area contributed by atoms with Gasteiger partial charge in [0, 0.05) is 5.69 Å². The average Bonchev–Trinajstić information content (AvgIpc) is 3.44. The normalized spacial score (nSPS) is 12.0. The molecule has 8 heteroatoms. The summed E-state index contributed by atoms with van der Waals surface area (Å²) in [5, 5.41) is 11.4. The van der Waals surface area contributed by atoms with Crippen LogP contribution in [0.4, 0.5) is 5.69 Å². The molecule has 7 nitrogen and oxygen atoms in total. The molecule has 152 valence electrons. The molecule has 0 spiro atoms. The average molecular weight is 420 g/mol. The lowest BCUT2D eigenvalue weighted by Gasteiger charge is -2.15. The fourth-order valence-electron chi connectivity index (χ4n) is 2.97. The molecular formula is C22H20N4O3S. The van der Waals surface area contributed by atoms with Crippen molar-refractivity contribution >= 4 is 23.4 Å². The van der Waals surface area contributed by atoms with Crippen LogP contribution in [-0.2, 0) is 4.79 Å². The van der Waals surface area contributed by atoms with Gasteiger partial charge in [-0.05, 0) is 56.2 Å². The molecule has 4 aromatic rings. The van der Waals surface area contributed by atoms with E-state index in [4.69, 9.17) is 8.83 Å². The second kappa shape index (κ2) is 8.54. The minimum absolute atomic E-state index is 0.129. The van der Waals surface area contributed by atoms with Gasteiger partial charge in [-0.1, -0.05) is 30.0 Å².